The van der Waals surface area contributed by atoms with Gasteiger partial charge in [0.25, 0.3) is 0 Å². The van der Waals surface area contributed by atoms with Crippen molar-refractivity contribution in [1.29, 1.82) is 0 Å². The minimum atomic E-state index is 0. The molecule has 1 nitrogen and oxygen atoms in total. The fourth-order valence-electron chi connectivity index (χ4n) is 4.02. The van der Waals surface area contributed by atoms with Crippen LogP contribution in [0.4, 0.5) is 0 Å². The van der Waals surface area contributed by atoms with Crippen molar-refractivity contribution in [3.05, 3.63) is 71.3 Å². The van der Waals surface area contributed by atoms with Gasteiger partial charge in [-0.15, -0.1) is 41.0 Å². The second kappa shape index (κ2) is 6.34. The van der Waals surface area contributed by atoms with Gasteiger partial charge in [-0.3, -0.25) is 0 Å². The van der Waals surface area contributed by atoms with Crippen LogP contribution >= 0.6 is 0 Å². The van der Waals surface area contributed by atoms with Gasteiger partial charge in [0.1, 0.15) is 0 Å². The van der Waals surface area contributed by atoms with Gasteiger partial charge in [0.2, 0.25) is 0 Å². The van der Waals surface area contributed by atoms with E-state index in [0.29, 0.717) is 11.8 Å². The Morgan fingerprint density at radius 1 is 1.09 bits per heavy atom. The molecule has 0 amide bonds. The second-order valence-corrected chi connectivity index (χ2v) is 7.17. The van der Waals surface area contributed by atoms with Gasteiger partial charge in [0.05, 0.1) is 0 Å². The Balaban J connectivity index is 0.00000156. The van der Waals surface area contributed by atoms with Crippen molar-refractivity contribution in [3.63, 3.8) is 0 Å². The molecule has 2 aliphatic carbocycles. The monoisotopic (exact) mass is 481 g/mol. The van der Waals surface area contributed by atoms with E-state index in [9.17, 15) is 0 Å². The van der Waals surface area contributed by atoms with E-state index < -0.39 is 0 Å². The molecule has 0 saturated heterocycles. The summed E-state index contributed by atoms with van der Waals surface area (Å²) in [6.45, 7) is 5.62. The molecular weight excluding hydrogens is 458 g/mol. The largest absolute Gasteiger partial charge is 0.336 e. The van der Waals surface area contributed by atoms with Crippen molar-refractivity contribution in [2.45, 2.75) is 32.6 Å². The maximum atomic E-state index is 4.93. The van der Waals surface area contributed by atoms with E-state index in [1.54, 1.807) is 0 Å². The molecule has 0 bridgehead atoms. The van der Waals surface area contributed by atoms with Crippen molar-refractivity contribution < 1.29 is 20.1 Å². The Kier molecular flexibility index (Phi) is 4.58. The van der Waals surface area contributed by atoms with Crippen molar-refractivity contribution >= 4 is 5.71 Å². The first kappa shape index (κ1) is 16.6. The zero-order chi connectivity index (χ0) is 15.2. The normalized spacial score (nSPS) is 27.2. The van der Waals surface area contributed by atoms with Crippen LogP contribution in [0.5, 0.6) is 0 Å². The summed E-state index contributed by atoms with van der Waals surface area (Å²) in [5.74, 6) is 0.814. The fourth-order valence-corrected chi connectivity index (χ4v) is 4.02. The molecule has 0 spiro atoms. The molecule has 1 aliphatic heterocycles. The summed E-state index contributed by atoms with van der Waals surface area (Å²) in [4.78, 5) is 4.93. The van der Waals surface area contributed by atoms with Crippen LogP contribution in [0.3, 0.4) is 0 Å². The van der Waals surface area contributed by atoms with Gasteiger partial charge in [0, 0.05) is 26.7 Å². The molecule has 0 N–H and O–H groups in total. The van der Waals surface area contributed by atoms with E-state index in [1.807, 2.05) is 0 Å². The Morgan fingerprint density at radius 3 is 2.61 bits per heavy atom. The number of benzene rings is 1. The molecule has 2 heteroatoms. The minimum absolute atomic E-state index is 0. The van der Waals surface area contributed by atoms with E-state index >= 15 is 0 Å². The number of allylic oxidation sites excluding steroid dienone is 5. The van der Waals surface area contributed by atoms with Crippen LogP contribution in [0, 0.1) is 17.4 Å². The number of rotatable bonds is 1. The van der Waals surface area contributed by atoms with E-state index in [2.05, 4.69) is 68.5 Å². The van der Waals surface area contributed by atoms with Crippen LogP contribution in [0.2, 0.25) is 0 Å². The number of hydrogen-bond acceptors (Lipinski definition) is 1. The van der Waals surface area contributed by atoms with E-state index in [0.717, 1.165) is 6.54 Å². The zero-order valence-corrected chi connectivity index (χ0v) is 16.1. The smallest absolute Gasteiger partial charge is 0.0286 e. The summed E-state index contributed by atoms with van der Waals surface area (Å²) in [7, 11) is 0. The van der Waals surface area contributed by atoms with Gasteiger partial charge in [-0.25, -0.2) is 0 Å². The number of hydrogen-bond donors (Lipinski definition) is 0. The average Bonchev–Trinajstić information content (AvgIpc) is 2.54. The Hall–Kier alpha value is -1.24. The van der Waals surface area contributed by atoms with Crippen molar-refractivity contribution in [3.8, 4) is 0 Å². The standard InChI is InChI=1S/C21H22N.Ir/c1-21(2)12-7-13-22-20(21)19-14-15-8-3-4-9-16(15)17-10-5-6-11-18(17)19;/h3-6,8-11,17-18H,7,12-13H2,1-2H3;/q-1;. The summed E-state index contributed by atoms with van der Waals surface area (Å²) >= 11 is 0. The van der Waals surface area contributed by atoms with Crippen LogP contribution in [-0.4, -0.2) is 12.3 Å². The third-order valence-electron chi connectivity index (χ3n) is 5.18. The van der Waals surface area contributed by atoms with Gasteiger partial charge in [0.15, 0.2) is 0 Å². The van der Waals surface area contributed by atoms with E-state index in [1.165, 1.54) is 35.3 Å². The van der Waals surface area contributed by atoms with Crippen LogP contribution in [0.1, 0.15) is 43.7 Å². The predicted octanol–water partition coefficient (Wildman–Crippen LogP) is 4.86. The first-order chi connectivity index (χ1) is 10.7. The van der Waals surface area contributed by atoms with Crippen molar-refractivity contribution in [1.82, 2.24) is 0 Å². The summed E-state index contributed by atoms with van der Waals surface area (Å²) in [5, 5.41) is 0. The first-order valence-corrected chi connectivity index (χ1v) is 8.30. The van der Waals surface area contributed by atoms with Gasteiger partial charge >= 0.3 is 0 Å². The summed E-state index contributed by atoms with van der Waals surface area (Å²) in [6.07, 6.45) is 15.2. The first-order valence-electron chi connectivity index (χ1n) is 8.30. The molecule has 2 atom stereocenters. The zero-order valence-electron chi connectivity index (χ0n) is 13.7. The minimum Gasteiger partial charge on any atom is -0.336 e. The van der Waals surface area contributed by atoms with E-state index in [-0.39, 0.29) is 25.5 Å². The molecule has 3 aliphatic rings. The summed E-state index contributed by atoms with van der Waals surface area (Å²) < 4.78 is 0. The summed E-state index contributed by atoms with van der Waals surface area (Å²) in [6, 6.07) is 8.68. The Labute approximate surface area is 152 Å². The molecule has 1 aromatic rings. The molecular formula is C21H22IrN-. The van der Waals surface area contributed by atoms with Gasteiger partial charge in [-0.1, -0.05) is 44.2 Å². The molecule has 4 rings (SSSR count). The maximum Gasteiger partial charge on any atom is 0.0286 e. The number of aliphatic imine (C=N–C) groups is 1. The van der Waals surface area contributed by atoms with E-state index in [4.69, 9.17) is 4.99 Å². The van der Waals surface area contributed by atoms with Crippen LogP contribution in [0.25, 0.3) is 0 Å². The van der Waals surface area contributed by atoms with Gasteiger partial charge in [-0.2, -0.15) is 0 Å². The molecule has 2 unspecified atom stereocenters. The van der Waals surface area contributed by atoms with Crippen LogP contribution < -0.4 is 0 Å². The molecule has 0 saturated carbocycles. The fraction of sp³-hybridized carbons (Fsp3) is 0.381. The molecule has 121 valence electrons. The predicted molar refractivity (Wildman–Crippen MR) is 92.1 cm³/mol. The summed E-state index contributed by atoms with van der Waals surface area (Å²) in [5.41, 5.74) is 5.39. The molecule has 1 heterocycles. The molecule has 23 heavy (non-hydrogen) atoms. The molecule has 1 radical (unpaired) electrons. The van der Waals surface area contributed by atoms with Gasteiger partial charge < -0.3 is 4.99 Å². The maximum absolute atomic E-state index is 4.93. The number of fused-ring (bicyclic) bond motifs is 3. The van der Waals surface area contributed by atoms with Crippen molar-refractivity contribution in [2.75, 3.05) is 6.54 Å². The third kappa shape index (κ3) is 2.84. The third-order valence-corrected chi connectivity index (χ3v) is 5.18. The SMILES string of the molecule is CC1(C)CCCN=C1C1=[C-]c2ccccc2C2C=CC=CC12.[Ir]. The van der Waals surface area contributed by atoms with Crippen molar-refractivity contribution in [2.24, 2.45) is 16.3 Å². The molecule has 0 fully saturated rings. The van der Waals surface area contributed by atoms with Crippen LogP contribution in [0.15, 0.2) is 59.1 Å². The Morgan fingerprint density at radius 2 is 1.83 bits per heavy atom. The van der Waals surface area contributed by atoms with Crippen LogP contribution in [-0.2, 0) is 20.1 Å². The molecule has 0 aromatic heterocycles. The second-order valence-electron chi connectivity index (χ2n) is 7.17. The van der Waals surface area contributed by atoms with Gasteiger partial charge in [-0.05, 0) is 35.8 Å². The Bertz CT molecular complexity index is 721. The topological polar surface area (TPSA) is 12.4 Å². The number of nitrogens with zero attached hydrogens (tertiary/aromatic N) is 1. The molecule has 1 aromatic carbocycles. The quantitative estimate of drug-likeness (QED) is 0.509. The average molecular weight is 481 g/mol.